The Morgan fingerprint density at radius 1 is 1.09 bits per heavy atom. The number of carbonyl (C=O) groups excluding carboxylic acids is 2. The molecule has 0 radical (unpaired) electrons. The lowest BCUT2D eigenvalue weighted by Crippen LogP contribution is -2.47. The lowest BCUT2D eigenvalue weighted by atomic mass is 10.2. The third-order valence-electron chi connectivity index (χ3n) is 3.08. The molecular weight excluding hydrogens is 360 g/mol. The molecule has 0 saturated carbocycles. The molecule has 0 aliphatic carbocycles. The summed E-state index contributed by atoms with van der Waals surface area (Å²) in [7, 11) is 0. The van der Waals surface area contributed by atoms with Crippen molar-refractivity contribution < 1.29 is 14.3 Å². The van der Waals surface area contributed by atoms with E-state index in [4.69, 9.17) is 4.74 Å². The van der Waals surface area contributed by atoms with Crippen LogP contribution in [0.2, 0.25) is 0 Å². The van der Waals surface area contributed by atoms with Crippen molar-refractivity contribution in [1.29, 1.82) is 0 Å². The fourth-order valence-electron chi connectivity index (χ4n) is 1.84. The molecule has 0 saturated heterocycles. The maximum Gasteiger partial charge on any atom is 0.279 e. The van der Waals surface area contributed by atoms with E-state index in [-0.39, 0.29) is 0 Å². The Bertz CT molecular complexity index is 701. The average molecular weight is 377 g/mol. The van der Waals surface area contributed by atoms with Crippen molar-refractivity contribution in [3.8, 4) is 5.75 Å². The van der Waals surface area contributed by atoms with Crippen LogP contribution in [0.3, 0.4) is 0 Å². The molecule has 1 atom stereocenters. The summed E-state index contributed by atoms with van der Waals surface area (Å²) in [5, 5.41) is 0. The maximum absolute atomic E-state index is 12.0. The molecule has 23 heavy (non-hydrogen) atoms. The van der Waals surface area contributed by atoms with Crippen LogP contribution in [0.4, 0.5) is 0 Å². The lowest BCUT2D eigenvalue weighted by Gasteiger charge is -2.15. The molecule has 0 fully saturated rings. The molecule has 120 valence electrons. The minimum absolute atomic E-state index is 0.395. The molecule has 0 aliphatic heterocycles. The van der Waals surface area contributed by atoms with E-state index in [0.717, 1.165) is 10.0 Å². The minimum atomic E-state index is -0.734. The Hall–Kier alpha value is -2.34. The number of ether oxygens (including phenoxy) is 1. The van der Waals surface area contributed by atoms with Crippen molar-refractivity contribution in [2.75, 3.05) is 0 Å². The highest BCUT2D eigenvalue weighted by molar-refractivity contribution is 9.10. The van der Waals surface area contributed by atoms with Crippen LogP contribution in [-0.2, 0) is 4.79 Å². The molecule has 2 rings (SSSR count). The fourth-order valence-corrected chi connectivity index (χ4v) is 2.10. The molecule has 2 N–H and O–H groups in total. The first-order chi connectivity index (χ1) is 11.0. The highest BCUT2D eigenvalue weighted by atomic mass is 79.9. The summed E-state index contributed by atoms with van der Waals surface area (Å²) in [6, 6.07) is 14.2. The van der Waals surface area contributed by atoms with E-state index in [1.807, 2.05) is 25.1 Å². The second-order valence-corrected chi connectivity index (χ2v) is 5.94. The van der Waals surface area contributed by atoms with Gasteiger partial charge >= 0.3 is 0 Å². The summed E-state index contributed by atoms with van der Waals surface area (Å²) in [6.07, 6.45) is -0.734. The van der Waals surface area contributed by atoms with Crippen molar-refractivity contribution in [3.05, 3.63) is 64.1 Å². The highest BCUT2D eigenvalue weighted by Gasteiger charge is 2.15. The smallest absolute Gasteiger partial charge is 0.279 e. The van der Waals surface area contributed by atoms with Crippen molar-refractivity contribution in [2.24, 2.45) is 0 Å². The van der Waals surface area contributed by atoms with Gasteiger partial charge in [0.25, 0.3) is 11.8 Å². The largest absolute Gasteiger partial charge is 0.481 e. The van der Waals surface area contributed by atoms with E-state index in [1.54, 1.807) is 37.3 Å². The summed E-state index contributed by atoms with van der Waals surface area (Å²) in [4.78, 5) is 23.9. The third-order valence-corrected chi connectivity index (χ3v) is 3.61. The van der Waals surface area contributed by atoms with E-state index < -0.39 is 17.9 Å². The quantitative estimate of drug-likeness (QED) is 0.806. The first-order valence-electron chi connectivity index (χ1n) is 7.05. The zero-order valence-electron chi connectivity index (χ0n) is 12.8. The molecule has 0 bridgehead atoms. The normalized spacial score (nSPS) is 11.4. The number of aryl methyl sites for hydroxylation is 1. The molecule has 2 aromatic carbocycles. The lowest BCUT2D eigenvalue weighted by molar-refractivity contribution is -0.128. The number of benzene rings is 2. The number of nitrogens with one attached hydrogen (secondary N) is 2. The number of hydrogen-bond donors (Lipinski definition) is 2. The Morgan fingerprint density at radius 3 is 2.43 bits per heavy atom. The van der Waals surface area contributed by atoms with Crippen molar-refractivity contribution >= 4 is 27.7 Å². The number of hydrazine groups is 1. The second kappa shape index (κ2) is 7.78. The molecule has 2 aromatic rings. The standard InChI is InChI=1S/C17H17BrN2O3/c1-11-4-3-5-15(10-11)23-12(2)16(21)19-20-17(22)13-6-8-14(18)9-7-13/h3-10,12H,1-2H3,(H,19,21)(H,20,22). The van der Waals surface area contributed by atoms with Crippen LogP contribution in [0.1, 0.15) is 22.8 Å². The average Bonchev–Trinajstić information content (AvgIpc) is 2.53. The van der Waals surface area contributed by atoms with Gasteiger partial charge in [0, 0.05) is 10.0 Å². The summed E-state index contributed by atoms with van der Waals surface area (Å²) in [5.74, 6) is -0.225. The van der Waals surface area contributed by atoms with Gasteiger partial charge in [-0.25, -0.2) is 0 Å². The molecule has 0 heterocycles. The predicted octanol–water partition coefficient (Wildman–Crippen LogP) is 2.99. The van der Waals surface area contributed by atoms with Crippen LogP contribution in [0, 0.1) is 6.92 Å². The molecule has 0 spiro atoms. The Labute approximate surface area is 143 Å². The van der Waals surface area contributed by atoms with Gasteiger partial charge in [-0.2, -0.15) is 0 Å². The SMILES string of the molecule is Cc1cccc(OC(C)C(=O)NNC(=O)c2ccc(Br)cc2)c1. The van der Waals surface area contributed by atoms with E-state index in [0.29, 0.717) is 11.3 Å². The van der Waals surface area contributed by atoms with Gasteiger partial charge in [-0.1, -0.05) is 28.1 Å². The molecule has 6 heteroatoms. The van der Waals surface area contributed by atoms with Crippen LogP contribution < -0.4 is 15.6 Å². The van der Waals surface area contributed by atoms with Crippen molar-refractivity contribution in [2.45, 2.75) is 20.0 Å². The number of halogens is 1. The van der Waals surface area contributed by atoms with Gasteiger partial charge in [0.15, 0.2) is 6.10 Å². The van der Waals surface area contributed by atoms with Crippen LogP contribution in [0.25, 0.3) is 0 Å². The molecule has 1 unspecified atom stereocenters. The zero-order valence-corrected chi connectivity index (χ0v) is 14.4. The Balaban J connectivity index is 1.86. The van der Waals surface area contributed by atoms with E-state index >= 15 is 0 Å². The Kier molecular flexibility index (Phi) is 5.76. The van der Waals surface area contributed by atoms with Gasteiger partial charge in [0.1, 0.15) is 5.75 Å². The fraction of sp³-hybridized carbons (Fsp3) is 0.176. The van der Waals surface area contributed by atoms with Crippen LogP contribution in [-0.4, -0.2) is 17.9 Å². The number of carbonyl (C=O) groups is 2. The van der Waals surface area contributed by atoms with Gasteiger partial charge in [-0.05, 0) is 55.8 Å². The summed E-state index contributed by atoms with van der Waals surface area (Å²) in [5.41, 5.74) is 6.20. The van der Waals surface area contributed by atoms with Gasteiger partial charge in [0.2, 0.25) is 0 Å². The molecular formula is C17H17BrN2O3. The van der Waals surface area contributed by atoms with E-state index in [9.17, 15) is 9.59 Å². The minimum Gasteiger partial charge on any atom is -0.481 e. The van der Waals surface area contributed by atoms with Crippen LogP contribution in [0.5, 0.6) is 5.75 Å². The molecule has 2 amide bonds. The first-order valence-corrected chi connectivity index (χ1v) is 7.84. The Morgan fingerprint density at radius 2 is 1.78 bits per heavy atom. The van der Waals surface area contributed by atoms with E-state index in [2.05, 4.69) is 26.8 Å². The monoisotopic (exact) mass is 376 g/mol. The second-order valence-electron chi connectivity index (χ2n) is 5.03. The molecule has 0 aliphatic rings. The van der Waals surface area contributed by atoms with Gasteiger partial charge in [0.05, 0.1) is 0 Å². The maximum atomic E-state index is 12.0. The van der Waals surface area contributed by atoms with Gasteiger partial charge in [-0.3, -0.25) is 20.4 Å². The van der Waals surface area contributed by atoms with E-state index in [1.165, 1.54) is 0 Å². The summed E-state index contributed by atoms with van der Waals surface area (Å²) in [6.45, 7) is 3.56. The number of amides is 2. The summed E-state index contributed by atoms with van der Waals surface area (Å²) >= 11 is 3.29. The molecule has 0 aromatic heterocycles. The van der Waals surface area contributed by atoms with Crippen LogP contribution in [0.15, 0.2) is 53.0 Å². The number of rotatable bonds is 4. The zero-order chi connectivity index (χ0) is 16.8. The first kappa shape index (κ1) is 17.0. The highest BCUT2D eigenvalue weighted by Crippen LogP contribution is 2.14. The third kappa shape index (κ3) is 5.10. The predicted molar refractivity (Wildman–Crippen MR) is 91.0 cm³/mol. The van der Waals surface area contributed by atoms with Crippen LogP contribution >= 0.6 is 15.9 Å². The van der Waals surface area contributed by atoms with Gasteiger partial charge in [-0.15, -0.1) is 0 Å². The summed E-state index contributed by atoms with van der Waals surface area (Å²) < 4.78 is 6.41. The number of hydrogen-bond acceptors (Lipinski definition) is 3. The van der Waals surface area contributed by atoms with Crippen molar-refractivity contribution in [3.63, 3.8) is 0 Å². The topological polar surface area (TPSA) is 67.4 Å². The molecule has 5 nitrogen and oxygen atoms in total. The van der Waals surface area contributed by atoms with Crippen molar-refractivity contribution in [1.82, 2.24) is 10.9 Å². The van der Waals surface area contributed by atoms with Gasteiger partial charge < -0.3 is 4.74 Å².